The van der Waals surface area contributed by atoms with Crippen molar-refractivity contribution < 1.29 is 14.0 Å². The lowest BCUT2D eigenvalue weighted by molar-refractivity contribution is 0.00578. The van der Waals surface area contributed by atoms with Gasteiger partial charge < -0.3 is 25.5 Å². The Morgan fingerprint density at radius 2 is 1.67 bits per heavy atom. The van der Waals surface area contributed by atoms with Gasteiger partial charge in [-0.25, -0.2) is 4.98 Å². The zero-order valence-corrected chi connectivity index (χ0v) is 19.1. The van der Waals surface area contributed by atoms with E-state index in [0.717, 1.165) is 5.56 Å². The Balaban J connectivity index is 1.80. The highest BCUT2D eigenvalue weighted by molar-refractivity contribution is 6.63. The number of nitrogens with zero attached hydrogens (tertiary/aromatic N) is 3. The third kappa shape index (κ3) is 4.36. The van der Waals surface area contributed by atoms with E-state index in [1.165, 1.54) is 0 Å². The average Bonchev–Trinajstić information content (AvgIpc) is 2.99. The summed E-state index contributed by atoms with van der Waals surface area (Å²) < 4.78 is 18.5. The second kappa shape index (κ2) is 8.39. The van der Waals surface area contributed by atoms with Gasteiger partial charge in [0.05, 0.1) is 16.9 Å². The Labute approximate surface area is 193 Å². The van der Waals surface area contributed by atoms with Gasteiger partial charge in [-0.3, -0.25) is 0 Å². The maximum absolute atomic E-state index is 9.75. The monoisotopic (exact) mass is 443 g/mol. The topological polar surface area (TPSA) is 129 Å². The fraction of sp³-hybridized carbons (Fsp3) is 0.292. The summed E-state index contributed by atoms with van der Waals surface area (Å²) in [5.74, 6) is 0.571. The average molecular weight is 443 g/mol. The van der Waals surface area contributed by atoms with E-state index in [1.807, 2.05) is 70.2 Å². The number of hydrogen-bond acceptors (Lipinski definition) is 8. The van der Waals surface area contributed by atoms with Crippen LogP contribution in [0.5, 0.6) is 5.75 Å². The molecule has 0 spiro atoms. The largest absolute Gasteiger partial charge is 0.495 e. The predicted molar refractivity (Wildman–Crippen MR) is 127 cm³/mol. The molecule has 0 bridgehead atoms. The smallest absolute Gasteiger partial charge is 0.489 e. The van der Waals surface area contributed by atoms with Crippen molar-refractivity contribution in [1.82, 2.24) is 9.97 Å². The number of hydrogen-bond donors (Lipinski definition) is 2. The van der Waals surface area contributed by atoms with Crippen LogP contribution in [-0.2, 0) is 15.9 Å². The first-order valence-electron chi connectivity index (χ1n) is 10.6. The van der Waals surface area contributed by atoms with Gasteiger partial charge in [0.2, 0.25) is 5.95 Å². The lowest BCUT2D eigenvalue weighted by atomic mass is 9.74. The van der Waals surface area contributed by atoms with Gasteiger partial charge >= 0.3 is 7.12 Å². The number of nitrogen functional groups attached to an aromatic ring is 2. The highest BCUT2D eigenvalue weighted by atomic mass is 16.7. The van der Waals surface area contributed by atoms with Gasteiger partial charge in [0, 0.05) is 5.56 Å². The van der Waals surface area contributed by atoms with E-state index in [0.29, 0.717) is 29.1 Å². The number of nitrogens with two attached hydrogens (primary N) is 2. The minimum Gasteiger partial charge on any atom is -0.489 e. The Hall–Kier alpha value is -3.61. The van der Waals surface area contributed by atoms with E-state index in [1.54, 1.807) is 6.07 Å². The summed E-state index contributed by atoms with van der Waals surface area (Å²) in [5, 5.41) is 9.75. The molecule has 1 aliphatic rings. The van der Waals surface area contributed by atoms with E-state index in [4.69, 9.17) is 25.5 Å². The summed E-state index contributed by atoms with van der Waals surface area (Å²) in [4.78, 5) is 8.27. The molecule has 168 valence electrons. The van der Waals surface area contributed by atoms with Gasteiger partial charge in [-0.05, 0) is 50.9 Å². The molecule has 4 N–H and O–H groups in total. The molecule has 2 heterocycles. The molecule has 2 aromatic carbocycles. The van der Waals surface area contributed by atoms with E-state index in [-0.39, 0.29) is 17.3 Å². The van der Waals surface area contributed by atoms with E-state index < -0.39 is 18.3 Å². The lowest BCUT2D eigenvalue weighted by Crippen LogP contribution is -2.41. The first kappa shape index (κ1) is 22.6. The molecule has 0 atom stereocenters. The number of benzene rings is 2. The molecule has 1 fully saturated rings. The van der Waals surface area contributed by atoms with Gasteiger partial charge in [-0.1, -0.05) is 36.4 Å². The first-order chi connectivity index (χ1) is 15.6. The van der Waals surface area contributed by atoms with Crippen molar-refractivity contribution in [3.8, 4) is 23.1 Å². The van der Waals surface area contributed by atoms with Gasteiger partial charge in [0.25, 0.3) is 0 Å². The summed E-state index contributed by atoms with van der Waals surface area (Å²) in [5.41, 5.74) is 13.5. The van der Waals surface area contributed by atoms with E-state index >= 15 is 0 Å². The van der Waals surface area contributed by atoms with Crippen LogP contribution in [-0.4, -0.2) is 28.3 Å². The highest BCUT2D eigenvalue weighted by Gasteiger charge is 2.52. The van der Waals surface area contributed by atoms with Gasteiger partial charge in [-0.15, -0.1) is 0 Å². The van der Waals surface area contributed by atoms with Crippen LogP contribution in [0.4, 0.5) is 11.8 Å². The quantitative estimate of drug-likeness (QED) is 0.576. The van der Waals surface area contributed by atoms with E-state index in [2.05, 4.69) is 16.0 Å². The van der Waals surface area contributed by atoms with Crippen LogP contribution in [0.2, 0.25) is 0 Å². The molecule has 0 radical (unpaired) electrons. The highest BCUT2D eigenvalue weighted by Crippen LogP contribution is 2.38. The predicted octanol–water partition coefficient (Wildman–Crippen LogP) is 3.06. The van der Waals surface area contributed by atoms with Crippen LogP contribution in [0.3, 0.4) is 0 Å². The summed E-state index contributed by atoms with van der Waals surface area (Å²) in [6.07, 6.45) is 0. The molecule has 3 aromatic rings. The van der Waals surface area contributed by atoms with Crippen LogP contribution in [0.25, 0.3) is 11.3 Å². The summed E-state index contributed by atoms with van der Waals surface area (Å²) in [6.45, 7) is 8.29. The van der Waals surface area contributed by atoms with Crippen LogP contribution in [0, 0.1) is 11.3 Å². The normalized spacial score (nSPS) is 16.4. The zero-order valence-electron chi connectivity index (χ0n) is 19.1. The Bertz CT molecular complexity index is 1210. The van der Waals surface area contributed by atoms with Crippen molar-refractivity contribution >= 4 is 24.3 Å². The third-order valence-corrected chi connectivity index (χ3v) is 6.10. The number of ether oxygens (including phenoxy) is 1. The molecule has 4 rings (SSSR count). The molecule has 1 saturated heterocycles. The van der Waals surface area contributed by atoms with Crippen molar-refractivity contribution in [2.75, 3.05) is 11.5 Å². The molecule has 33 heavy (non-hydrogen) atoms. The molecule has 9 heteroatoms. The molecule has 0 saturated carbocycles. The van der Waals surface area contributed by atoms with E-state index in [9.17, 15) is 5.26 Å². The zero-order chi connectivity index (χ0) is 23.8. The van der Waals surface area contributed by atoms with Crippen LogP contribution in [0.15, 0.2) is 48.5 Å². The van der Waals surface area contributed by atoms with Crippen molar-refractivity contribution in [2.24, 2.45) is 0 Å². The number of rotatable bonds is 5. The molecular weight excluding hydrogens is 417 g/mol. The molecule has 8 nitrogen and oxygen atoms in total. The SMILES string of the molecule is CC1(C)OB(c2ccc(OCc3ccccc3)cc2-c2nc(N)nc(N)c2C#N)OC1(C)C. The Morgan fingerprint density at radius 3 is 2.30 bits per heavy atom. The van der Waals surface area contributed by atoms with Crippen molar-refractivity contribution in [3.63, 3.8) is 0 Å². The fourth-order valence-corrected chi connectivity index (χ4v) is 3.55. The molecule has 0 amide bonds. The summed E-state index contributed by atoms with van der Waals surface area (Å²) in [6, 6.07) is 17.4. The Morgan fingerprint density at radius 1 is 1.00 bits per heavy atom. The van der Waals surface area contributed by atoms with Crippen molar-refractivity contribution in [2.45, 2.75) is 45.5 Å². The van der Waals surface area contributed by atoms with Crippen LogP contribution >= 0.6 is 0 Å². The van der Waals surface area contributed by atoms with Crippen molar-refractivity contribution in [3.05, 3.63) is 59.7 Å². The number of aromatic nitrogens is 2. The molecular formula is C24H26BN5O3. The second-order valence-electron chi connectivity index (χ2n) is 8.91. The maximum atomic E-state index is 9.75. The van der Waals surface area contributed by atoms with Crippen molar-refractivity contribution in [1.29, 1.82) is 5.26 Å². The van der Waals surface area contributed by atoms with Gasteiger partial charge in [0.15, 0.2) is 0 Å². The van der Waals surface area contributed by atoms with Crippen LogP contribution < -0.4 is 21.7 Å². The molecule has 1 aromatic heterocycles. The first-order valence-corrected chi connectivity index (χ1v) is 10.6. The lowest BCUT2D eigenvalue weighted by Gasteiger charge is -2.32. The molecule has 0 unspecified atom stereocenters. The summed E-state index contributed by atoms with van der Waals surface area (Å²) in [7, 11) is -0.683. The fourth-order valence-electron chi connectivity index (χ4n) is 3.55. The molecule has 1 aliphatic heterocycles. The molecule has 0 aliphatic carbocycles. The third-order valence-electron chi connectivity index (χ3n) is 6.10. The second-order valence-corrected chi connectivity index (χ2v) is 8.91. The Kier molecular flexibility index (Phi) is 5.74. The number of nitriles is 1. The summed E-state index contributed by atoms with van der Waals surface area (Å²) >= 11 is 0. The standard InChI is InChI=1S/C24H26BN5O3/c1-23(2)24(3,4)33-25(32-23)19-11-10-16(31-14-15-8-6-5-7-9-15)12-17(19)20-18(13-26)21(27)30-22(28)29-20/h5-12H,14H2,1-4H3,(H4,27,28,29,30). The minimum atomic E-state index is -0.683. The van der Waals surface area contributed by atoms with Gasteiger partial charge in [0.1, 0.15) is 29.8 Å². The van der Waals surface area contributed by atoms with Gasteiger partial charge in [-0.2, -0.15) is 10.2 Å². The van der Waals surface area contributed by atoms with Crippen LogP contribution in [0.1, 0.15) is 38.8 Å². The number of anilines is 2. The maximum Gasteiger partial charge on any atom is 0.495 e. The minimum absolute atomic E-state index is 0.00970.